The van der Waals surface area contributed by atoms with Crippen LogP contribution < -0.4 is 0 Å². The fourth-order valence-electron chi connectivity index (χ4n) is 3.35. The maximum atomic E-state index is 12.8. The molecule has 0 bridgehead atoms. The van der Waals surface area contributed by atoms with Gasteiger partial charge in [0, 0.05) is 19.8 Å². The van der Waals surface area contributed by atoms with Crippen molar-refractivity contribution in [2.24, 2.45) is 0 Å². The lowest BCUT2D eigenvalue weighted by atomic mass is 9.90. The van der Waals surface area contributed by atoms with Crippen molar-refractivity contribution in [3.05, 3.63) is 55.4 Å². The molecule has 0 atom stereocenters. The molecule has 4 rings (SSSR count). The lowest BCUT2D eigenvalue weighted by molar-refractivity contribution is -0.170. The molecule has 0 saturated carbocycles. The van der Waals surface area contributed by atoms with E-state index in [1.165, 1.54) is 0 Å². The van der Waals surface area contributed by atoms with E-state index in [1.54, 1.807) is 12.1 Å². The van der Waals surface area contributed by atoms with Gasteiger partial charge in [-0.1, -0.05) is 72.1 Å². The number of hydrogen-bond acceptors (Lipinski definition) is 1. The Hall–Kier alpha value is -1.18. The first-order valence-electron chi connectivity index (χ1n) is 7.52. The van der Waals surface area contributed by atoms with Gasteiger partial charge in [0.25, 0.3) is 0 Å². The maximum absolute atomic E-state index is 12.8. The highest BCUT2D eigenvalue weighted by Crippen LogP contribution is 2.44. The highest BCUT2D eigenvalue weighted by Gasteiger charge is 2.38. The Bertz CT molecular complexity index is 1180. The second-order valence-electron chi connectivity index (χ2n) is 6.03. The first kappa shape index (κ1) is 18.2. The number of halogens is 6. The predicted octanol–water partition coefficient (Wildman–Crippen LogP) is 7.55. The van der Waals surface area contributed by atoms with Crippen LogP contribution in [-0.4, -0.2) is 12.0 Å². The van der Waals surface area contributed by atoms with E-state index >= 15 is 0 Å². The van der Waals surface area contributed by atoms with Crippen LogP contribution in [0, 0.1) is 0 Å². The monoisotopic (exact) mass is 546 g/mol. The Morgan fingerprint density at radius 1 is 0.769 bits per heavy atom. The van der Waals surface area contributed by atoms with Crippen molar-refractivity contribution in [3.8, 4) is 0 Å². The number of benzene rings is 4. The summed E-state index contributed by atoms with van der Waals surface area (Å²) in [5.41, 5.74) is 0.359. The van der Waals surface area contributed by atoms with Crippen LogP contribution in [0.25, 0.3) is 32.3 Å². The molecule has 4 aromatic rings. The van der Waals surface area contributed by atoms with Crippen molar-refractivity contribution in [1.82, 2.24) is 0 Å². The Morgan fingerprint density at radius 2 is 1.19 bits per heavy atom. The number of alkyl halides is 3. The van der Waals surface area contributed by atoms with Crippen molar-refractivity contribution in [3.63, 3.8) is 0 Å². The smallest absolute Gasteiger partial charge is 0.289 e. The second-order valence-corrected chi connectivity index (χ2v) is 8.59. The predicted molar refractivity (Wildman–Crippen MR) is 108 cm³/mol. The van der Waals surface area contributed by atoms with E-state index in [-0.39, 0.29) is 0 Å². The highest BCUT2D eigenvalue weighted by molar-refractivity contribution is 9.11. The van der Waals surface area contributed by atoms with E-state index in [4.69, 9.17) is 0 Å². The summed E-state index contributed by atoms with van der Waals surface area (Å²) in [6.07, 6.45) is -5.53. The van der Waals surface area contributed by atoms with Crippen molar-refractivity contribution >= 4 is 85.9 Å². The summed E-state index contributed by atoms with van der Waals surface area (Å²) in [5.74, 6) is -1.75. The van der Waals surface area contributed by atoms with Gasteiger partial charge in [0.15, 0.2) is 0 Å². The lowest BCUT2D eigenvalue weighted by Gasteiger charge is -2.17. The zero-order chi connectivity index (χ0) is 18.8. The van der Waals surface area contributed by atoms with Gasteiger partial charge in [-0.15, -0.1) is 0 Å². The number of hydrogen-bond donors (Lipinski definition) is 0. The first-order chi connectivity index (χ1) is 12.2. The van der Waals surface area contributed by atoms with E-state index in [9.17, 15) is 18.0 Å². The molecule has 0 aliphatic heterocycles. The summed E-state index contributed by atoms with van der Waals surface area (Å²) in [6, 6.07) is 11.1. The van der Waals surface area contributed by atoms with Crippen LogP contribution in [0.5, 0.6) is 0 Å². The molecule has 0 radical (unpaired) electrons. The Morgan fingerprint density at radius 3 is 1.69 bits per heavy atom. The van der Waals surface area contributed by atoms with Crippen molar-refractivity contribution in [1.29, 1.82) is 0 Å². The molecule has 0 saturated heterocycles. The normalized spacial score (nSPS) is 12.5. The van der Waals surface area contributed by atoms with Crippen LogP contribution >= 0.6 is 47.8 Å². The average molecular weight is 549 g/mol. The minimum Gasteiger partial charge on any atom is -0.289 e. The van der Waals surface area contributed by atoms with E-state index in [0.29, 0.717) is 15.4 Å². The third kappa shape index (κ3) is 2.75. The zero-order valence-electron chi connectivity index (χ0n) is 12.8. The van der Waals surface area contributed by atoms with Crippen LogP contribution in [0.4, 0.5) is 13.2 Å². The third-order valence-electron chi connectivity index (χ3n) is 4.50. The highest BCUT2D eigenvalue weighted by atomic mass is 79.9. The van der Waals surface area contributed by atoms with E-state index < -0.39 is 18.4 Å². The minimum atomic E-state index is -4.84. The standard InChI is InChI=1S/C19H8Br3F3O/c20-13-5-8(6-16(26)19(23,24)25)9-1-2-11-14(21)7-15(22)12-4-3-10(13)17(9)18(11)12/h1-5,7H,6H2. The summed E-state index contributed by atoms with van der Waals surface area (Å²) in [6.45, 7) is 0. The molecule has 7 heteroatoms. The van der Waals surface area contributed by atoms with Crippen molar-refractivity contribution in [2.45, 2.75) is 12.6 Å². The summed E-state index contributed by atoms with van der Waals surface area (Å²) in [5, 5.41) is 5.28. The molecule has 0 N–H and O–H groups in total. The molecule has 0 unspecified atom stereocenters. The average Bonchev–Trinajstić information content (AvgIpc) is 2.56. The number of carbonyl (C=O) groups excluding carboxylic acids is 1. The van der Waals surface area contributed by atoms with Gasteiger partial charge in [0.2, 0.25) is 5.78 Å². The van der Waals surface area contributed by atoms with Gasteiger partial charge in [-0.25, -0.2) is 0 Å². The van der Waals surface area contributed by atoms with E-state index in [1.807, 2.05) is 24.3 Å². The van der Waals surface area contributed by atoms with Gasteiger partial charge >= 0.3 is 6.18 Å². The molecule has 0 amide bonds. The molecule has 0 fully saturated rings. The lowest BCUT2D eigenvalue weighted by Crippen LogP contribution is -2.24. The van der Waals surface area contributed by atoms with Gasteiger partial charge in [0.1, 0.15) is 0 Å². The number of carbonyl (C=O) groups is 1. The molecule has 0 aromatic heterocycles. The van der Waals surface area contributed by atoms with E-state index in [2.05, 4.69) is 47.8 Å². The number of Topliss-reactive ketones (excluding diaryl/α,β-unsaturated/α-hetero) is 1. The SMILES string of the molecule is O=C(Cc1cc(Br)c2ccc3c(Br)cc(Br)c4ccc1c2c34)C(F)(F)F. The molecule has 0 spiro atoms. The Kier molecular flexibility index (Phi) is 4.32. The molecule has 0 heterocycles. The molecule has 4 aromatic carbocycles. The largest absolute Gasteiger partial charge is 0.450 e. The van der Waals surface area contributed by atoms with Crippen molar-refractivity contribution < 1.29 is 18.0 Å². The second kappa shape index (κ2) is 6.17. The maximum Gasteiger partial charge on any atom is 0.450 e. The zero-order valence-corrected chi connectivity index (χ0v) is 17.6. The number of ketones is 1. The molecular formula is C19H8Br3F3O. The fraction of sp³-hybridized carbons (Fsp3) is 0.105. The fourth-order valence-corrected chi connectivity index (χ4v) is 5.39. The molecule has 0 aliphatic carbocycles. The van der Waals surface area contributed by atoms with Crippen LogP contribution in [0.3, 0.4) is 0 Å². The molecule has 132 valence electrons. The van der Waals surface area contributed by atoms with Crippen LogP contribution in [0.2, 0.25) is 0 Å². The van der Waals surface area contributed by atoms with Gasteiger partial charge in [-0.2, -0.15) is 13.2 Å². The van der Waals surface area contributed by atoms with Gasteiger partial charge < -0.3 is 0 Å². The molecular weight excluding hydrogens is 541 g/mol. The summed E-state index contributed by atoms with van der Waals surface area (Å²) < 4.78 is 40.7. The summed E-state index contributed by atoms with van der Waals surface area (Å²) >= 11 is 10.6. The van der Waals surface area contributed by atoms with Gasteiger partial charge in [-0.3, -0.25) is 4.79 Å². The summed E-state index contributed by atoms with van der Waals surface area (Å²) in [4.78, 5) is 11.6. The third-order valence-corrected chi connectivity index (χ3v) is 6.47. The van der Waals surface area contributed by atoms with Crippen LogP contribution in [-0.2, 0) is 11.2 Å². The topological polar surface area (TPSA) is 17.1 Å². The molecule has 26 heavy (non-hydrogen) atoms. The Labute approximate surface area is 171 Å². The molecule has 0 aliphatic rings. The first-order valence-corrected chi connectivity index (χ1v) is 9.90. The summed E-state index contributed by atoms with van der Waals surface area (Å²) in [7, 11) is 0. The quantitative estimate of drug-likeness (QED) is 0.236. The Balaban J connectivity index is 2.12. The molecule has 1 nitrogen and oxygen atoms in total. The minimum absolute atomic E-state index is 0.359. The van der Waals surface area contributed by atoms with Gasteiger partial charge in [0.05, 0.1) is 0 Å². The number of rotatable bonds is 2. The van der Waals surface area contributed by atoms with Gasteiger partial charge in [-0.05, 0) is 50.0 Å². The van der Waals surface area contributed by atoms with Crippen LogP contribution in [0.15, 0.2) is 49.8 Å². The van der Waals surface area contributed by atoms with E-state index in [0.717, 1.165) is 35.9 Å². The van der Waals surface area contributed by atoms with Crippen molar-refractivity contribution in [2.75, 3.05) is 0 Å². The van der Waals surface area contributed by atoms with Crippen LogP contribution in [0.1, 0.15) is 5.56 Å².